The van der Waals surface area contributed by atoms with E-state index < -0.39 is 5.97 Å². The molecular weight excluding hydrogens is 264 g/mol. The van der Waals surface area contributed by atoms with Crippen molar-refractivity contribution in [1.82, 2.24) is 9.78 Å². The Kier molecular flexibility index (Phi) is 3.90. The number of aromatic nitrogens is 2. The van der Waals surface area contributed by atoms with Gasteiger partial charge in [-0.1, -0.05) is 31.5 Å². The molecule has 0 saturated carbocycles. The van der Waals surface area contributed by atoms with Gasteiger partial charge in [0.25, 0.3) is 0 Å². The molecule has 0 spiro atoms. The van der Waals surface area contributed by atoms with E-state index in [9.17, 15) is 4.79 Å². The average Bonchev–Trinajstić information content (AvgIpc) is 2.72. The van der Waals surface area contributed by atoms with Gasteiger partial charge >= 0.3 is 5.97 Å². The van der Waals surface area contributed by atoms with Crippen LogP contribution in [0.3, 0.4) is 0 Å². The van der Waals surface area contributed by atoms with Crippen LogP contribution in [-0.4, -0.2) is 20.9 Å². The van der Waals surface area contributed by atoms with Gasteiger partial charge in [0.05, 0.1) is 5.69 Å². The molecule has 1 aromatic carbocycles. The van der Waals surface area contributed by atoms with Crippen LogP contribution in [0.25, 0.3) is 5.69 Å². The van der Waals surface area contributed by atoms with Gasteiger partial charge in [-0.15, -0.1) is 0 Å². The lowest BCUT2D eigenvalue weighted by Gasteiger charge is -2.09. The van der Waals surface area contributed by atoms with Crippen LogP contribution in [0.2, 0.25) is 5.02 Å². The number of benzene rings is 1. The van der Waals surface area contributed by atoms with E-state index in [2.05, 4.69) is 18.9 Å². The smallest absolute Gasteiger partial charge is 0.356 e. The van der Waals surface area contributed by atoms with Gasteiger partial charge in [-0.2, -0.15) is 5.10 Å². The van der Waals surface area contributed by atoms with Gasteiger partial charge in [-0.25, -0.2) is 9.48 Å². The van der Waals surface area contributed by atoms with E-state index in [1.165, 1.54) is 0 Å². The summed E-state index contributed by atoms with van der Waals surface area (Å²) < 4.78 is 1.65. The van der Waals surface area contributed by atoms with E-state index in [0.29, 0.717) is 10.9 Å². The molecule has 100 valence electrons. The summed E-state index contributed by atoms with van der Waals surface area (Å²) in [5.41, 5.74) is 1.70. The van der Waals surface area contributed by atoms with E-state index >= 15 is 0 Å². The van der Waals surface area contributed by atoms with Crippen LogP contribution >= 0.6 is 11.6 Å². The van der Waals surface area contributed by atoms with Crippen LogP contribution in [0.1, 0.15) is 30.0 Å². The van der Waals surface area contributed by atoms with Crippen molar-refractivity contribution in [3.8, 4) is 5.69 Å². The Morgan fingerprint density at radius 2 is 2.16 bits per heavy atom. The molecule has 2 aromatic rings. The Morgan fingerprint density at radius 1 is 1.42 bits per heavy atom. The fourth-order valence-corrected chi connectivity index (χ4v) is 2.10. The molecule has 0 saturated heterocycles. The first-order chi connectivity index (χ1) is 8.97. The van der Waals surface area contributed by atoms with Crippen molar-refractivity contribution in [1.29, 1.82) is 0 Å². The van der Waals surface area contributed by atoms with Crippen LogP contribution in [0.4, 0.5) is 0 Å². The van der Waals surface area contributed by atoms with Crippen LogP contribution in [-0.2, 0) is 6.42 Å². The maximum Gasteiger partial charge on any atom is 0.356 e. The van der Waals surface area contributed by atoms with Crippen LogP contribution < -0.4 is 0 Å². The molecule has 1 heterocycles. The van der Waals surface area contributed by atoms with Gasteiger partial charge in [0, 0.05) is 10.7 Å². The predicted octanol–water partition coefficient (Wildman–Crippen LogP) is 3.42. The zero-order valence-electron chi connectivity index (χ0n) is 10.8. The topological polar surface area (TPSA) is 55.1 Å². The lowest BCUT2D eigenvalue weighted by Crippen LogP contribution is -2.06. The number of hydrogen-bond donors (Lipinski definition) is 1. The number of carboxylic acids is 1. The lowest BCUT2D eigenvalue weighted by atomic mass is 10.1. The molecule has 1 N–H and O–H groups in total. The average molecular weight is 279 g/mol. The molecule has 0 amide bonds. The van der Waals surface area contributed by atoms with Crippen LogP contribution in [0, 0.1) is 5.92 Å². The highest BCUT2D eigenvalue weighted by Crippen LogP contribution is 2.19. The standard InChI is InChI=1S/C14H15ClN2O2/c1-9(2)6-12-8-13(14(18)19)16-17(12)11-5-3-4-10(15)7-11/h3-5,7-9H,6H2,1-2H3,(H,18,19). The fourth-order valence-electron chi connectivity index (χ4n) is 1.92. The first-order valence-corrected chi connectivity index (χ1v) is 6.43. The molecular formula is C14H15ClN2O2. The van der Waals surface area contributed by atoms with Crippen molar-refractivity contribution < 1.29 is 9.90 Å². The summed E-state index contributed by atoms with van der Waals surface area (Å²) in [5, 5.41) is 13.8. The Morgan fingerprint density at radius 3 is 2.74 bits per heavy atom. The summed E-state index contributed by atoms with van der Waals surface area (Å²) in [5.74, 6) is -0.609. The first kappa shape index (κ1) is 13.6. The number of rotatable bonds is 4. The monoisotopic (exact) mass is 278 g/mol. The molecule has 2 rings (SSSR count). The van der Waals surface area contributed by atoms with Crippen molar-refractivity contribution >= 4 is 17.6 Å². The maximum absolute atomic E-state index is 11.0. The Labute approximate surface area is 116 Å². The largest absolute Gasteiger partial charge is 0.476 e. The van der Waals surface area contributed by atoms with Crippen molar-refractivity contribution in [3.63, 3.8) is 0 Å². The molecule has 0 bridgehead atoms. The number of nitrogens with zero attached hydrogens (tertiary/aromatic N) is 2. The minimum atomic E-state index is -1.02. The molecule has 0 aliphatic rings. The van der Waals surface area contributed by atoms with Crippen molar-refractivity contribution in [2.45, 2.75) is 20.3 Å². The summed E-state index contributed by atoms with van der Waals surface area (Å²) in [6, 6.07) is 8.83. The third-order valence-electron chi connectivity index (χ3n) is 2.67. The lowest BCUT2D eigenvalue weighted by molar-refractivity contribution is 0.0690. The minimum absolute atomic E-state index is 0.0515. The number of carboxylic acid groups (broad SMARTS) is 1. The van der Waals surface area contributed by atoms with E-state index in [1.54, 1.807) is 22.9 Å². The Bertz CT molecular complexity index is 605. The van der Waals surface area contributed by atoms with Crippen LogP contribution in [0.15, 0.2) is 30.3 Å². The molecule has 0 aliphatic heterocycles. The number of carbonyl (C=O) groups is 1. The Balaban J connectivity index is 2.50. The van der Waals surface area contributed by atoms with Crippen LogP contribution in [0.5, 0.6) is 0 Å². The number of halogens is 1. The van der Waals surface area contributed by atoms with Crippen molar-refractivity contribution in [2.75, 3.05) is 0 Å². The highest BCUT2D eigenvalue weighted by molar-refractivity contribution is 6.30. The van der Waals surface area contributed by atoms with Crippen molar-refractivity contribution in [3.05, 3.63) is 46.7 Å². The normalized spacial score (nSPS) is 10.9. The quantitative estimate of drug-likeness (QED) is 0.932. The van der Waals surface area contributed by atoms with E-state index in [4.69, 9.17) is 16.7 Å². The van der Waals surface area contributed by atoms with Crippen molar-refractivity contribution in [2.24, 2.45) is 5.92 Å². The molecule has 0 unspecified atom stereocenters. The third-order valence-corrected chi connectivity index (χ3v) is 2.91. The molecule has 1 aromatic heterocycles. The summed E-state index contributed by atoms with van der Waals surface area (Å²) in [7, 11) is 0. The van der Waals surface area contributed by atoms with Gasteiger partial charge in [-0.05, 0) is 36.6 Å². The molecule has 4 nitrogen and oxygen atoms in total. The fraction of sp³-hybridized carbons (Fsp3) is 0.286. The predicted molar refractivity (Wildman–Crippen MR) is 74.1 cm³/mol. The summed E-state index contributed by atoms with van der Waals surface area (Å²) in [6.07, 6.45) is 0.757. The summed E-state index contributed by atoms with van der Waals surface area (Å²) in [6.45, 7) is 4.16. The first-order valence-electron chi connectivity index (χ1n) is 6.05. The molecule has 0 radical (unpaired) electrons. The second kappa shape index (κ2) is 5.45. The minimum Gasteiger partial charge on any atom is -0.476 e. The molecule has 19 heavy (non-hydrogen) atoms. The van der Waals surface area contributed by atoms with Gasteiger partial charge in [0.15, 0.2) is 5.69 Å². The van der Waals surface area contributed by atoms with E-state index in [-0.39, 0.29) is 5.69 Å². The maximum atomic E-state index is 11.0. The second-order valence-electron chi connectivity index (χ2n) is 4.82. The zero-order chi connectivity index (χ0) is 14.0. The zero-order valence-corrected chi connectivity index (χ0v) is 11.6. The third kappa shape index (κ3) is 3.15. The highest BCUT2D eigenvalue weighted by Gasteiger charge is 2.15. The van der Waals surface area contributed by atoms with Gasteiger partial charge < -0.3 is 5.11 Å². The molecule has 0 atom stereocenters. The van der Waals surface area contributed by atoms with Gasteiger partial charge in [0.2, 0.25) is 0 Å². The second-order valence-corrected chi connectivity index (χ2v) is 5.25. The Hall–Kier alpha value is -1.81. The van der Waals surface area contributed by atoms with Gasteiger partial charge in [0.1, 0.15) is 0 Å². The highest BCUT2D eigenvalue weighted by atomic mass is 35.5. The summed E-state index contributed by atoms with van der Waals surface area (Å²) >= 11 is 5.96. The molecule has 5 heteroatoms. The van der Waals surface area contributed by atoms with Gasteiger partial charge in [-0.3, -0.25) is 0 Å². The summed E-state index contributed by atoms with van der Waals surface area (Å²) in [4.78, 5) is 11.0. The van der Waals surface area contributed by atoms with E-state index in [0.717, 1.165) is 17.8 Å². The van der Waals surface area contributed by atoms with E-state index in [1.807, 2.05) is 12.1 Å². The number of hydrogen-bond acceptors (Lipinski definition) is 2. The SMILES string of the molecule is CC(C)Cc1cc(C(=O)O)nn1-c1cccc(Cl)c1. The molecule has 0 fully saturated rings. The molecule has 0 aliphatic carbocycles. The number of aromatic carboxylic acids is 1.